The van der Waals surface area contributed by atoms with E-state index in [0.717, 1.165) is 12.8 Å². The Balaban J connectivity index is 1.02. The largest absolute Gasteiger partial charge is 0.309 e. The second-order valence-corrected chi connectivity index (χ2v) is 15.8. The summed E-state index contributed by atoms with van der Waals surface area (Å²) in [7, 11) is 0. The number of aryl methyl sites for hydroxylation is 1. The predicted octanol–water partition coefficient (Wildman–Crippen LogP) is 11.8. The molecule has 2 N–H and O–H groups in total. The molecule has 1 atom stereocenters. The molecule has 0 fully saturated rings. The number of allylic oxidation sites excluding steroid dienone is 1. The number of hydrogen-bond acceptors (Lipinski definition) is 1. The first-order chi connectivity index (χ1) is 26.3. The van der Waals surface area contributed by atoms with Gasteiger partial charge in [0.15, 0.2) is 5.37 Å². The van der Waals surface area contributed by atoms with E-state index in [0.29, 0.717) is 5.37 Å². The highest BCUT2D eigenvalue weighted by molar-refractivity contribution is 8.03. The molecule has 3 nitrogen and oxygen atoms in total. The zero-order chi connectivity index (χ0) is 34.6. The van der Waals surface area contributed by atoms with Crippen LogP contribution in [0.5, 0.6) is 0 Å². The van der Waals surface area contributed by atoms with Crippen molar-refractivity contribution in [2.75, 3.05) is 0 Å². The van der Waals surface area contributed by atoms with Gasteiger partial charge in [0.2, 0.25) is 0 Å². The number of rotatable bonds is 3. The molecule has 0 amide bonds. The quantitative estimate of drug-likeness (QED) is 0.196. The molecule has 0 saturated heterocycles. The fraction of sp³-hybridized carbons (Fsp3) is 0.0612. The number of nitrogens with zero attached hydrogens (tertiary/aromatic N) is 2. The van der Waals surface area contributed by atoms with Gasteiger partial charge in [0.1, 0.15) is 5.70 Å². The molecule has 53 heavy (non-hydrogen) atoms. The van der Waals surface area contributed by atoms with Crippen molar-refractivity contribution in [2.45, 2.75) is 18.2 Å². The second kappa shape index (κ2) is 11.2. The maximum absolute atomic E-state index is 2.52. The number of quaternary nitrogens is 1. The highest BCUT2D eigenvalue weighted by atomic mass is 32.2. The molecule has 8 aromatic carbocycles. The molecule has 250 valence electrons. The molecule has 0 radical (unpaired) electrons. The van der Waals surface area contributed by atoms with Gasteiger partial charge in [-0.25, -0.2) is 0 Å². The van der Waals surface area contributed by atoms with Gasteiger partial charge in [-0.15, -0.1) is 0 Å². The van der Waals surface area contributed by atoms with Gasteiger partial charge in [-0.2, -0.15) is 0 Å². The Morgan fingerprint density at radius 3 is 2.02 bits per heavy atom. The van der Waals surface area contributed by atoms with E-state index in [1.165, 1.54) is 104 Å². The van der Waals surface area contributed by atoms with Crippen LogP contribution in [0.2, 0.25) is 0 Å². The molecule has 10 aromatic rings. The molecule has 0 saturated carbocycles. The van der Waals surface area contributed by atoms with Gasteiger partial charge in [0.05, 0.1) is 27.0 Å². The van der Waals surface area contributed by atoms with Crippen LogP contribution >= 0.6 is 11.8 Å². The summed E-state index contributed by atoms with van der Waals surface area (Å²) in [5.74, 6) is 0. The van der Waals surface area contributed by atoms with Gasteiger partial charge in [-0.3, -0.25) is 5.32 Å². The molecule has 0 bridgehead atoms. The molecular weight excluding hydrogens is 663 g/mol. The Labute approximate surface area is 310 Å². The summed E-state index contributed by atoms with van der Waals surface area (Å²) in [4.78, 5) is 1.54. The van der Waals surface area contributed by atoms with Crippen molar-refractivity contribution in [2.24, 2.45) is 0 Å². The van der Waals surface area contributed by atoms with E-state index < -0.39 is 0 Å². The van der Waals surface area contributed by atoms with E-state index in [2.05, 4.69) is 178 Å². The first-order valence-corrected chi connectivity index (χ1v) is 19.5. The Bertz CT molecular complexity index is 3180. The maximum atomic E-state index is 2.52. The second-order valence-electron chi connectivity index (χ2n) is 14.5. The van der Waals surface area contributed by atoms with Crippen molar-refractivity contribution >= 4 is 82.6 Å². The fourth-order valence-corrected chi connectivity index (χ4v) is 10.7. The lowest BCUT2D eigenvalue weighted by Crippen LogP contribution is -2.79. The van der Waals surface area contributed by atoms with Crippen LogP contribution in [0.4, 0.5) is 0 Å². The summed E-state index contributed by atoms with van der Waals surface area (Å²) >= 11 is 2.04. The van der Waals surface area contributed by atoms with Crippen LogP contribution in [0.25, 0.3) is 82.2 Å². The van der Waals surface area contributed by atoms with Crippen LogP contribution in [-0.2, 0) is 6.42 Å². The van der Waals surface area contributed by atoms with Crippen LogP contribution in [0, 0.1) is 0 Å². The van der Waals surface area contributed by atoms with Crippen molar-refractivity contribution in [3.63, 3.8) is 0 Å². The molecular formula is C49H34N3S+. The Morgan fingerprint density at radius 2 is 1.13 bits per heavy atom. The minimum absolute atomic E-state index is 0.381. The zero-order valence-corrected chi connectivity index (χ0v) is 29.8. The molecule has 1 unspecified atom stereocenters. The van der Waals surface area contributed by atoms with E-state index in [-0.39, 0.29) is 0 Å². The Kier molecular flexibility index (Phi) is 6.24. The zero-order valence-electron chi connectivity index (χ0n) is 29.0. The first-order valence-electron chi connectivity index (χ1n) is 18.6. The summed E-state index contributed by atoms with van der Waals surface area (Å²) < 4.78 is 4.91. The number of para-hydroxylation sites is 2. The van der Waals surface area contributed by atoms with Crippen molar-refractivity contribution < 1.29 is 5.32 Å². The number of aromatic nitrogens is 2. The monoisotopic (exact) mass is 696 g/mol. The maximum Gasteiger partial charge on any atom is 0.167 e. The average molecular weight is 697 g/mol. The molecule has 12 rings (SSSR count). The molecule has 4 heteroatoms. The predicted molar refractivity (Wildman–Crippen MR) is 224 cm³/mol. The highest BCUT2D eigenvalue weighted by Gasteiger charge is 2.35. The molecule has 2 aliphatic rings. The smallest absolute Gasteiger partial charge is 0.167 e. The fourth-order valence-electron chi connectivity index (χ4n) is 9.39. The van der Waals surface area contributed by atoms with Crippen LogP contribution in [0.15, 0.2) is 169 Å². The van der Waals surface area contributed by atoms with Gasteiger partial charge in [0.25, 0.3) is 0 Å². The number of nitrogens with two attached hydrogens (primary N) is 1. The molecule has 0 spiro atoms. The third-order valence-corrected chi connectivity index (χ3v) is 13.1. The van der Waals surface area contributed by atoms with Crippen molar-refractivity contribution in [1.82, 2.24) is 9.13 Å². The number of benzene rings is 8. The van der Waals surface area contributed by atoms with Crippen LogP contribution in [-0.4, -0.2) is 9.13 Å². The van der Waals surface area contributed by atoms with Crippen molar-refractivity contribution in [3.8, 4) is 11.4 Å². The normalized spacial score (nSPS) is 15.7. The minimum atomic E-state index is 0.381. The minimum Gasteiger partial charge on any atom is -0.309 e. The van der Waals surface area contributed by atoms with Crippen LogP contribution in [0.1, 0.15) is 28.5 Å². The summed E-state index contributed by atoms with van der Waals surface area (Å²) in [6.45, 7) is 0. The average Bonchev–Trinajstić information content (AvgIpc) is 3.91. The molecule has 1 aliphatic carbocycles. The summed E-state index contributed by atoms with van der Waals surface area (Å²) in [6, 6.07) is 60.9. The number of hydrogen-bond donors (Lipinski definition) is 1. The molecule has 1 aliphatic heterocycles. The van der Waals surface area contributed by atoms with Gasteiger partial charge in [-0.1, -0.05) is 127 Å². The number of thioether (sulfide) groups is 1. The van der Waals surface area contributed by atoms with Crippen molar-refractivity contribution in [1.29, 1.82) is 0 Å². The first kappa shape index (κ1) is 29.5. The molecule has 2 aromatic heterocycles. The third-order valence-electron chi connectivity index (χ3n) is 11.7. The van der Waals surface area contributed by atoms with Crippen LogP contribution in [0.3, 0.4) is 0 Å². The topological polar surface area (TPSA) is 26.5 Å². The van der Waals surface area contributed by atoms with Gasteiger partial charge in [0, 0.05) is 44.0 Å². The van der Waals surface area contributed by atoms with Crippen LogP contribution < -0.4 is 5.32 Å². The SMILES string of the molecule is c1ccc(C2[NH2+]C3=C(CCc4ccc5cc(-n6c7ccccc7c7cc(-n8c9ccccc9c9c%10ccccc%10ccc98)ccc76)ccc5c43)S2)cc1. The Hall–Kier alpha value is -6.07. The lowest BCUT2D eigenvalue weighted by atomic mass is 9.89. The standard InChI is InChI=1S/C49H33N3S/c1-2-11-32(12-3-1)49-50-48-45(53-49)27-21-31-18-19-33-28-34(22-24-37(33)46(31)48)51-41-16-8-6-14-38(41)40-29-35(23-26-43(40)51)52-42-17-9-7-15-39(42)47-36-13-5-4-10-30(36)20-25-44(47)52/h1-20,22-26,28-29,49-50H,21,27H2/p+1. The van der Waals surface area contributed by atoms with E-state index in [4.69, 9.17) is 0 Å². The summed E-state index contributed by atoms with van der Waals surface area (Å²) in [5.41, 5.74) is 13.0. The lowest BCUT2D eigenvalue weighted by Gasteiger charge is -2.18. The van der Waals surface area contributed by atoms with Crippen molar-refractivity contribution in [3.05, 3.63) is 185 Å². The summed E-state index contributed by atoms with van der Waals surface area (Å²) in [5, 5.41) is 13.2. The van der Waals surface area contributed by atoms with E-state index in [1.54, 1.807) is 0 Å². The van der Waals surface area contributed by atoms with Gasteiger partial charge in [-0.05, 0) is 88.5 Å². The summed E-state index contributed by atoms with van der Waals surface area (Å²) in [6.07, 6.45) is 2.23. The van der Waals surface area contributed by atoms with Gasteiger partial charge < -0.3 is 9.13 Å². The van der Waals surface area contributed by atoms with E-state index >= 15 is 0 Å². The molecule has 3 heterocycles. The Morgan fingerprint density at radius 1 is 0.472 bits per heavy atom. The highest BCUT2D eigenvalue weighted by Crippen LogP contribution is 2.46. The van der Waals surface area contributed by atoms with E-state index in [1.807, 2.05) is 11.8 Å². The van der Waals surface area contributed by atoms with E-state index in [9.17, 15) is 0 Å². The van der Waals surface area contributed by atoms with Gasteiger partial charge >= 0.3 is 0 Å². The third kappa shape index (κ3) is 4.28. The number of fused-ring (bicyclic) bond motifs is 12. The lowest BCUT2D eigenvalue weighted by molar-refractivity contribution is -0.580.